The Morgan fingerprint density at radius 2 is 1.20 bits per heavy atom. The number of allylic oxidation sites excluding steroid dienone is 1. The number of rotatable bonds is 11. The molecular formula is C45H41O4PS. The van der Waals surface area contributed by atoms with Gasteiger partial charge in [-0.25, -0.2) is 8.42 Å². The summed E-state index contributed by atoms with van der Waals surface area (Å²) in [6.07, 6.45) is 2.63. The lowest BCUT2D eigenvalue weighted by Gasteiger charge is -2.32. The maximum Gasteiger partial charge on any atom is 0.182 e. The summed E-state index contributed by atoms with van der Waals surface area (Å²) < 4.78 is 50.5. The molecule has 51 heavy (non-hydrogen) atoms. The van der Waals surface area contributed by atoms with Crippen LogP contribution in [0.1, 0.15) is 30.0 Å². The fraction of sp³-hybridized carbons (Fsp3) is 0.156. The number of benzene rings is 6. The van der Waals surface area contributed by atoms with Gasteiger partial charge in [0, 0.05) is 16.0 Å². The summed E-state index contributed by atoms with van der Waals surface area (Å²) in [7, 11) is -5.65. The van der Waals surface area contributed by atoms with Gasteiger partial charge in [0.15, 0.2) is 17.0 Å². The molecule has 6 aromatic carbocycles. The van der Waals surface area contributed by atoms with E-state index in [2.05, 4.69) is 25.1 Å². The van der Waals surface area contributed by atoms with Gasteiger partial charge in [0.25, 0.3) is 0 Å². The molecule has 0 aromatic heterocycles. The topological polar surface area (TPSA) is 60.4 Å². The minimum absolute atomic E-state index is 0.245. The highest BCUT2D eigenvalue weighted by Gasteiger charge is 2.73. The highest BCUT2D eigenvalue weighted by atomic mass is 32.2. The van der Waals surface area contributed by atoms with E-state index in [1.807, 2.05) is 146 Å². The SMILES string of the molecule is COc1ccc([C@@]2(C)C[C@]2(/C=C(/CS(=O)(=O)c2ccc(C)cc2)c2ccc(-c3ccccc3)cc2)P(=O)(c2ccccc2)c2ccccc2)cc1. The molecule has 0 N–H and O–H groups in total. The van der Waals surface area contributed by atoms with Crippen LogP contribution in [0, 0.1) is 6.92 Å². The molecule has 0 bridgehead atoms. The first kappa shape index (κ1) is 34.5. The summed E-state index contributed by atoms with van der Waals surface area (Å²) in [5.74, 6) is 0.493. The van der Waals surface area contributed by atoms with E-state index in [1.165, 1.54) is 0 Å². The first-order chi connectivity index (χ1) is 24.6. The van der Waals surface area contributed by atoms with E-state index in [1.54, 1.807) is 19.2 Å². The molecule has 0 spiro atoms. The van der Waals surface area contributed by atoms with Gasteiger partial charge in [0.1, 0.15) is 5.75 Å². The Morgan fingerprint density at radius 3 is 1.73 bits per heavy atom. The van der Waals surface area contributed by atoms with Crippen molar-refractivity contribution in [2.24, 2.45) is 0 Å². The van der Waals surface area contributed by atoms with Crippen molar-refractivity contribution in [2.75, 3.05) is 12.9 Å². The second kappa shape index (κ2) is 13.6. The van der Waals surface area contributed by atoms with Gasteiger partial charge in [0.2, 0.25) is 0 Å². The van der Waals surface area contributed by atoms with Gasteiger partial charge >= 0.3 is 0 Å². The van der Waals surface area contributed by atoms with Gasteiger partial charge in [-0.1, -0.05) is 158 Å². The molecule has 0 radical (unpaired) electrons. The fourth-order valence-electron chi connectivity index (χ4n) is 7.49. The molecule has 0 amide bonds. The Morgan fingerprint density at radius 1 is 0.686 bits per heavy atom. The first-order valence-corrected chi connectivity index (χ1v) is 20.5. The van der Waals surface area contributed by atoms with Crippen LogP contribution in [0.2, 0.25) is 0 Å². The molecule has 1 fully saturated rings. The van der Waals surface area contributed by atoms with Crippen LogP contribution in [0.4, 0.5) is 0 Å². The van der Waals surface area contributed by atoms with Crippen molar-refractivity contribution in [3.8, 4) is 16.9 Å². The van der Waals surface area contributed by atoms with Crippen LogP contribution in [0.5, 0.6) is 5.75 Å². The van der Waals surface area contributed by atoms with Gasteiger partial charge < -0.3 is 9.30 Å². The maximum absolute atomic E-state index is 16.5. The number of hydrogen-bond acceptors (Lipinski definition) is 4. The second-order valence-corrected chi connectivity index (χ2v) is 18.7. The molecule has 7 rings (SSSR count). The van der Waals surface area contributed by atoms with Crippen LogP contribution in [-0.2, 0) is 19.8 Å². The minimum Gasteiger partial charge on any atom is -0.497 e. The molecule has 4 nitrogen and oxygen atoms in total. The second-order valence-electron chi connectivity index (χ2n) is 13.6. The van der Waals surface area contributed by atoms with E-state index < -0.39 is 27.6 Å². The Balaban J connectivity index is 1.48. The number of sulfone groups is 1. The number of methoxy groups -OCH3 is 1. The molecular weight excluding hydrogens is 668 g/mol. The van der Waals surface area contributed by atoms with Crippen molar-refractivity contribution in [3.63, 3.8) is 0 Å². The first-order valence-electron chi connectivity index (χ1n) is 17.1. The van der Waals surface area contributed by atoms with E-state index in [9.17, 15) is 8.42 Å². The molecule has 1 aliphatic rings. The van der Waals surface area contributed by atoms with E-state index in [4.69, 9.17) is 4.74 Å². The lowest BCUT2D eigenvalue weighted by molar-refractivity contribution is 0.414. The molecule has 0 saturated heterocycles. The highest BCUT2D eigenvalue weighted by molar-refractivity contribution is 7.91. The predicted octanol–water partition coefficient (Wildman–Crippen LogP) is 9.64. The van der Waals surface area contributed by atoms with Crippen molar-refractivity contribution in [1.29, 1.82) is 0 Å². The van der Waals surface area contributed by atoms with Crippen molar-refractivity contribution < 1.29 is 17.7 Å². The smallest absolute Gasteiger partial charge is 0.182 e. The van der Waals surface area contributed by atoms with Gasteiger partial charge in [0.05, 0.1) is 22.9 Å². The zero-order valence-corrected chi connectivity index (χ0v) is 30.8. The van der Waals surface area contributed by atoms with Gasteiger partial charge in [-0.2, -0.15) is 0 Å². The maximum atomic E-state index is 16.5. The third kappa shape index (κ3) is 6.30. The zero-order valence-electron chi connectivity index (χ0n) is 29.1. The number of aryl methyl sites for hydroxylation is 1. The van der Waals surface area contributed by atoms with Gasteiger partial charge in [-0.05, 0) is 65.4 Å². The van der Waals surface area contributed by atoms with Crippen molar-refractivity contribution in [2.45, 2.75) is 35.7 Å². The highest BCUT2D eigenvalue weighted by Crippen LogP contribution is 2.78. The Labute approximate surface area is 301 Å². The lowest BCUT2D eigenvalue weighted by Crippen LogP contribution is -2.32. The molecule has 2 atom stereocenters. The molecule has 256 valence electrons. The van der Waals surface area contributed by atoms with Gasteiger partial charge in [-0.3, -0.25) is 0 Å². The minimum atomic E-state index is -3.79. The van der Waals surface area contributed by atoms with Crippen LogP contribution < -0.4 is 15.3 Å². The quantitative estimate of drug-likeness (QED) is 0.126. The van der Waals surface area contributed by atoms with Crippen LogP contribution in [-0.4, -0.2) is 26.4 Å². The van der Waals surface area contributed by atoms with Crippen molar-refractivity contribution in [1.82, 2.24) is 0 Å². The average molecular weight is 709 g/mol. The number of hydrogen-bond donors (Lipinski definition) is 0. The van der Waals surface area contributed by atoms with Gasteiger partial charge in [-0.15, -0.1) is 0 Å². The Kier molecular flexibility index (Phi) is 9.22. The molecule has 6 aromatic rings. The van der Waals surface area contributed by atoms with Crippen LogP contribution in [0.25, 0.3) is 16.7 Å². The molecule has 0 aliphatic heterocycles. The monoisotopic (exact) mass is 708 g/mol. The summed E-state index contributed by atoms with van der Waals surface area (Å²) in [5, 5.41) is 0.530. The van der Waals surface area contributed by atoms with Crippen LogP contribution in [0.3, 0.4) is 0 Å². The molecule has 1 aliphatic carbocycles. The Bertz CT molecular complexity index is 2280. The van der Waals surface area contributed by atoms with Crippen molar-refractivity contribution >= 4 is 33.2 Å². The van der Waals surface area contributed by atoms with E-state index >= 15 is 4.57 Å². The predicted molar refractivity (Wildman–Crippen MR) is 211 cm³/mol. The zero-order chi connectivity index (χ0) is 35.7. The largest absolute Gasteiger partial charge is 0.497 e. The van der Waals surface area contributed by atoms with E-state index in [0.29, 0.717) is 12.0 Å². The summed E-state index contributed by atoms with van der Waals surface area (Å²) in [6.45, 7) is 4.10. The molecule has 6 heteroatoms. The van der Waals surface area contributed by atoms with Crippen molar-refractivity contribution in [3.05, 3.63) is 187 Å². The molecule has 1 saturated carbocycles. The van der Waals surface area contributed by atoms with Crippen LogP contribution in [0.15, 0.2) is 175 Å². The van der Waals surface area contributed by atoms with Crippen LogP contribution >= 0.6 is 7.14 Å². The fourth-order valence-corrected chi connectivity index (χ4v) is 13.0. The summed E-state index contributed by atoms with van der Waals surface area (Å²) in [5.41, 5.74) is 4.92. The summed E-state index contributed by atoms with van der Waals surface area (Å²) in [6, 6.07) is 52.6. The third-order valence-electron chi connectivity index (χ3n) is 10.5. The summed E-state index contributed by atoms with van der Waals surface area (Å²) >= 11 is 0. The Hall–Kier alpha value is -4.96. The van der Waals surface area contributed by atoms with E-state index in [0.717, 1.165) is 44.2 Å². The number of ether oxygens (including phenoxy) is 1. The van der Waals surface area contributed by atoms with E-state index in [-0.39, 0.29) is 10.6 Å². The molecule has 0 unspecified atom stereocenters. The lowest BCUT2D eigenvalue weighted by atomic mass is 9.93. The standard InChI is InChI=1S/C45H41O4PS/c1-34-19-29-43(30-20-34)51(47,48)32-38(37-23-21-36(22-24-37)35-13-7-4-8-14-35)31-45(33-44(45,2)39-25-27-40(49-3)28-26-39)50(46,41-15-9-5-10-16-41)42-17-11-6-12-18-42/h4-31H,32-33H2,1-3H3/b38-31-/t44-,45+/m1/s1. The molecule has 0 heterocycles. The average Bonchev–Trinajstić information content (AvgIpc) is 3.81. The summed E-state index contributed by atoms with van der Waals surface area (Å²) in [4.78, 5) is 0.261. The third-order valence-corrected chi connectivity index (χ3v) is 16.1. The normalized spacial score (nSPS) is 19.0.